The molecule has 1 aliphatic heterocycles. The van der Waals surface area contributed by atoms with Gasteiger partial charge in [-0.3, -0.25) is 10.1 Å². The molecule has 0 bridgehead atoms. The molecule has 0 saturated carbocycles. The van der Waals surface area contributed by atoms with Crippen molar-refractivity contribution in [2.24, 2.45) is 5.41 Å². The van der Waals surface area contributed by atoms with Crippen molar-refractivity contribution in [1.82, 2.24) is 10.2 Å². The molecule has 1 atom stereocenters. The van der Waals surface area contributed by atoms with Crippen molar-refractivity contribution in [2.75, 3.05) is 26.8 Å². The Morgan fingerprint density at radius 2 is 2.27 bits per heavy atom. The Hall–Kier alpha value is -0.610. The molecule has 1 N–H and O–H groups in total. The van der Waals surface area contributed by atoms with Crippen LogP contribution in [-0.4, -0.2) is 43.8 Å². The van der Waals surface area contributed by atoms with E-state index in [-0.39, 0.29) is 17.5 Å². The number of amides is 1. The average Bonchev–Trinajstić information content (AvgIpc) is 2.46. The molecule has 1 fully saturated rings. The second-order valence-electron chi connectivity index (χ2n) is 4.99. The van der Waals surface area contributed by atoms with E-state index in [2.05, 4.69) is 19.2 Å². The Bertz CT molecular complexity index is 229. The first-order valence-corrected chi connectivity index (χ1v) is 5.48. The van der Waals surface area contributed by atoms with Crippen LogP contribution in [0.4, 0.5) is 0 Å². The largest absolute Gasteiger partial charge is 0.385 e. The fraction of sp³-hybridized carbons (Fsp3) is 0.909. The third-order valence-corrected chi connectivity index (χ3v) is 2.92. The number of carbonyl (C=O) groups excluding carboxylic acids is 1. The molecule has 1 rings (SSSR count). The molecule has 0 aromatic carbocycles. The quantitative estimate of drug-likeness (QED) is 0.737. The monoisotopic (exact) mass is 214 g/mol. The summed E-state index contributed by atoms with van der Waals surface area (Å²) < 4.78 is 5.08. The van der Waals surface area contributed by atoms with Crippen molar-refractivity contribution >= 4 is 5.91 Å². The smallest absolute Gasteiger partial charge is 0.237 e. The molecule has 1 amide bonds. The van der Waals surface area contributed by atoms with Crippen LogP contribution in [0.5, 0.6) is 0 Å². The molecule has 1 heterocycles. The lowest BCUT2D eigenvalue weighted by Crippen LogP contribution is -2.41. The second-order valence-corrected chi connectivity index (χ2v) is 4.99. The zero-order valence-electron chi connectivity index (χ0n) is 10.2. The number of rotatable bonds is 5. The zero-order chi connectivity index (χ0) is 11.5. The van der Waals surface area contributed by atoms with Gasteiger partial charge in [-0.25, -0.2) is 0 Å². The van der Waals surface area contributed by atoms with Crippen LogP contribution in [-0.2, 0) is 9.53 Å². The lowest BCUT2D eigenvalue weighted by Gasteiger charge is -2.32. The first-order valence-electron chi connectivity index (χ1n) is 5.48. The number of ether oxygens (including phenoxy) is 1. The van der Waals surface area contributed by atoms with Crippen molar-refractivity contribution in [3.05, 3.63) is 0 Å². The van der Waals surface area contributed by atoms with E-state index >= 15 is 0 Å². The molecule has 0 aromatic heterocycles. The van der Waals surface area contributed by atoms with E-state index in [1.807, 2.05) is 11.8 Å². The summed E-state index contributed by atoms with van der Waals surface area (Å²) in [6.07, 6.45) is 1.14. The van der Waals surface area contributed by atoms with Crippen molar-refractivity contribution in [3.63, 3.8) is 0 Å². The first-order chi connectivity index (χ1) is 6.96. The summed E-state index contributed by atoms with van der Waals surface area (Å²) in [5, 5.41) is 3.14. The SMILES string of the molecule is COCCC(C)(C)CN1C(=O)CNC1C. The molecular formula is C11H22N2O2. The van der Waals surface area contributed by atoms with Gasteiger partial charge in [-0.15, -0.1) is 0 Å². The second kappa shape index (κ2) is 4.94. The maximum absolute atomic E-state index is 11.6. The highest BCUT2D eigenvalue weighted by Gasteiger charge is 2.31. The summed E-state index contributed by atoms with van der Waals surface area (Å²) in [7, 11) is 1.71. The van der Waals surface area contributed by atoms with Gasteiger partial charge in [0.25, 0.3) is 0 Å². The van der Waals surface area contributed by atoms with Crippen molar-refractivity contribution in [1.29, 1.82) is 0 Å². The molecule has 1 aliphatic rings. The average molecular weight is 214 g/mol. The highest BCUT2D eigenvalue weighted by Crippen LogP contribution is 2.23. The molecular weight excluding hydrogens is 192 g/mol. The van der Waals surface area contributed by atoms with Gasteiger partial charge in [0.2, 0.25) is 5.91 Å². The summed E-state index contributed by atoms with van der Waals surface area (Å²) in [6.45, 7) is 8.38. The predicted octanol–water partition coefficient (Wildman–Crippen LogP) is 0.827. The van der Waals surface area contributed by atoms with Gasteiger partial charge in [0.15, 0.2) is 0 Å². The maximum atomic E-state index is 11.6. The van der Waals surface area contributed by atoms with Crippen molar-refractivity contribution in [3.8, 4) is 0 Å². The van der Waals surface area contributed by atoms with E-state index in [0.29, 0.717) is 6.54 Å². The molecule has 0 aliphatic carbocycles. The van der Waals surface area contributed by atoms with Gasteiger partial charge in [0.05, 0.1) is 12.7 Å². The summed E-state index contributed by atoms with van der Waals surface area (Å²) >= 11 is 0. The van der Waals surface area contributed by atoms with E-state index in [1.165, 1.54) is 0 Å². The molecule has 1 unspecified atom stereocenters. The van der Waals surface area contributed by atoms with E-state index in [4.69, 9.17) is 4.74 Å². The molecule has 0 radical (unpaired) electrons. The van der Waals surface area contributed by atoms with Gasteiger partial charge in [0.1, 0.15) is 0 Å². The minimum Gasteiger partial charge on any atom is -0.385 e. The Morgan fingerprint density at radius 3 is 2.73 bits per heavy atom. The van der Waals surface area contributed by atoms with Gasteiger partial charge in [-0.05, 0) is 18.8 Å². The normalized spacial score (nSPS) is 22.5. The lowest BCUT2D eigenvalue weighted by atomic mass is 9.89. The van der Waals surface area contributed by atoms with Gasteiger partial charge in [0, 0.05) is 20.3 Å². The fourth-order valence-corrected chi connectivity index (χ4v) is 1.81. The third-order valence-electron chi connectivity index (χ3n) is 2.92. The third kappa shape index (κ3) is 3.47. The van der Waals surface area contributed by atoms with E-state index in [0.717, 1.165) is 19.6 Å². The van der Waals surface area contributed by atoms with Gasteiger partial charge in [-0.2, -0.15) is 0 Å². The number of nitrogens with one attached hydrogen (secondary N) is 1. The Kier molecular flexibility index (Phi) is 4.11. The Labute approximate surface area is 92.0 Å². The number of hydrogen-bond acceptors (Lipinski definition) is 3. The standard InChI is InChI=1S/C11H22N2O2/c1-9-12-7-10(14)13(9)8-11(2,3)5-6-15-4/h9,12H,5-8H2,1-4H3. The van der Waals surface area contributed by atoms with Gasteiger partial charge < -0.3 is 9.64 Å². The Morgan fingerprint density at radius 1 is 1.60 bits per heavy atom. The summed E-state index contributed by atoms with van der Waals surface area (Å²) in [5.41, 5.74) is 0.117. The highest BCUT2D eigenvalue weighted by molar-refractivity contribution is 5.80. The number of hydrogen-bond donors (Lipinski definition) is 1. The molecule has 0 spiro atoms. The predicted molar refractivity (Wildman–Crippen MR) is 59.5 cm³/mol. The topological polar surface area (TPSA) is 41.6 Å². The van der Waals surface area contributed by atoms with E-state index < -0.39 is 0 Å². The number of methoxy groups -OCH3 is 1. The van der Waals surface area contributed by atoms with Crippen LogP contribution in [0.15, 0.2) is 0 Å². The molecule has 1 saturated heterocycles. The zero-order valence-corrected chi connectivity index (χ0v) is 10.2. The number of nitrogens with zero attached hydrogens (tertiary/aromatic N) is 1. The van der Waals surface area contributed by atoms with Gasteiger partial charge >= 0.3 is 0 Å². The minimum atomic E-state index is 0.117. The molecule has 0 aromatic rings. The maximum Gasteiger partial charge on any atom is 0.237 e. The number of carbonyl (C=O) groups is 1. The van der Waals surface area contributed by atoms with E-state index in [9.17, 15) is 4.79 Å². The van der Waals surface area contributed by atoms with Crippen LogP contribution in [0, 0.1) is 5.41 Å². The van der Waals surface area contributed by atoms with Crippen LogP contribution >= 0.6 is 0 Å². The molecule has 88 valence electrons. The molecule has 15 heavy (non-hydrogen) atoms. The van der Waals surface area contributed by atoms with Gasteiger partial charge in [-0.1, -0.05) is 13.8 Å². The van der Waals surface area contributed by atoms with Crippen LogP contribution in [0.3, 0.4) is 0 Å². The Balaban J connectivity index is 2.48. The van der Waals surface area contributed by atoms with Crippen LogP contribution in [0.2, 0.25) is 0 Å². The molecule has 4 nitrogen and oxygen atoms in total. The summed E-state index contributed by atoms with van der Waals surface area (Å²) in [5.74, 6) is 0.202. The summed E-state index contributed by atoms with van der Waals surface area (Å²) in [6, 6.07) is 0. The first kappa shape index (κ1) is 12.5. The van der Waals surface area contributed by atoms with Crippen LogP contribution in [0.25, 0.3) is 0 Å². The summed E-state index contributed by atoms with van der Waals surface area (Å²) in [4.78, 5) is 13.5. The van der Waals surface area contributed by atoms with Crippen molar-refractivity contribution in [2.45, 2.75) is 33.4 Å². The van der Waals surface area contributed by atoms with E-state index in [1.54, 1.807) is 7.11 Å². The van der Waals surface area contributed by atoms with Crippen LogP contribution in [0.1, 0.15) is 27.2 Å². The fourth-order valence-electron chi connectivity index (χ4n) is 1.81. The van der Waals surface area contributed by atoms with Crippen LogP contribution < -0.4 is 5.32 Å². The van der Waals surface area contributed by atoms with Crippen molar-refractivity contribution < 1.29 is 9.53 Å². The lowest BCUT2D eigenvalue weighted by molar-refractivity contribution is -0.129. The minimum absolute atomic E-state index is 0.117. The molecule has 4 heteroatoms. The highest BCUT2D eigenvalue weighted by atomic mass is 16.5.